The molecule has 0 aliphatic heterocycles. The van der Waals surface area contributed by atoms with Gasteiger partial charge in [-0.1, -0.05) is 32.3 Å². The first kappa shape index (κ1) is 30.4. The molecule has 0 amide bonds. The van der Waals surface area contributed by atoms with Crippen LogP contribution in [0.4, 0.5) is 0 Å². The second-order valence-corrected chi connectivity index (χ2v) is 9.48. The Morgan fingerprint density at radius 3 is 2.49 bits per heavy atom. The highest BCUT2D eigenvalue weighted by molar-refractivity contribution is 5.75. The van der Waals surface area contributed by atoms with Gasteiger partial charge in [-0.15, -0.1) is 0 Å². The predicted octanol–water partition coefficient (Wildman–Crippen LogP) is 5.19. The fourth-order valence-electron chi connectivity index (χ4n) is 3.09. The van der Waals surface area contributed by atoms with Gasteiger partial charge in [-0.3, -0.25) is 14.4 Å². The zero-order valence-corrected chi connectivity index (χ0v) is 21.9. The number of ether oxygens (including phenoxy) is 3. The summed E-state index contributed by atoms with van der Waals surface area (Å²) in [7, 11) is 0. The average Bonchev–Trinajstić information content (AvgIpc) is 2.79. The summed E-state index contributed by atoms with van der Waals surface area (Å²) in [6, 6.07) is 1.29. The Kier molecular flexibility index (Phi) is 14.0. The number of hydrogen-bond donors (Lipinski definition) is 1. The van der Waals surface area contributed by atoms with Gasteiger partial charge in [-0.25, -0.2) is 0 Å². The maximum Gasteiger partial charge on any atom is 0.311 e. The maximum absolute atomic E-state index is 12.8. The first-order valence-electron chi connectivity index (χ1n) is 12.6. The minimum Gasteiger partial charge on any atom is -0.486 e. The highest BCUT2D eigenvalue weighted by atomic mass is 16.5. The van der Waals surface area contributed by atoms with Crippen LogP contribution in [0.5, 0.6) is 5.75 Å². The molecule has 0 bridgehead atoms. The van der Waals surface area contributed by atoms with E-state index in [1.807, 2.05) is 0 Å². The van der Waals surface area contributed by atoms with Gasteiger partial charge in [0.05, 0.1) is 24.7 Å². The molecule has 1 rings (SSSR count). The molecule has 1 aromatic heterocycles. The summed E-state index contributed by atoms with van der Waals surface area (Å²) in [6.07, 6.45) is 8.50. The van der Waals surface area contributed by atoms with Gasteiger partial charge in [0.2, 0.25) is 11.2 Å². The predicted molar refractivity (Wildman–Crippen MR) is 134 cm³/mol. The van der Waals surface area contributed by atoms with Crippen molar-refractivity contribution >= 4 is 18.0 Å². The molecule has 1 heterocycles. The first-order valence-corrected chi connectivity index (χ1v) is 12.6. The SMILES string of the molecule is CCCCCC(O)C=Cc1cc(=O)c(OCCCCCC(=O)OCC)c(COC(=O)C(C)(C)C)o1. The lowest BCUT2D eigenvalue weighted by Crippen LogP contribution is -2.23. The number of aliphatic hydroxyl groups excluding tert-OH is 1. The van der Waals surface area contributed by atoms with Crippen LogP contribution in [0.1, 0.15) is 97.5 Å². The van der Waals surface area contributed by atoms with Crippen molar-refractivity contribution in [2.24, 2.45) is 5.41 Å². The third-order valence-corrected chi connectivity index (χ3v) is 5.10. The fourth-order valence-corrected chi connectivity index (χ4v) is 3.09. The third-order valence-electron chi connectivity index (χ3n) is 5.10. The van der Waals surface area contributed by atoms with Gasteiger partial charge >= 0.3 is 11.9 Å². The average molecular weight is 495 g/mol. The molecule has 0 radical (unpaired) electrons. The van der Waals surface area contributed by atoms with Crippen molar-refractivity contribution in [2.75, 3.05) is 13.2 Å². The Morgan fingerprint density at radius 1 is 1.09 bits per heavy atom. The number of aliphatic hydroxyl groups is 1. The molecule has 0 spiro atoms. The number of hydrogen-bond acceptors (Lipinski definition) is 8. The zero-order chi connectivity index (χ0) is 26.3. The number of unbranched alkanes of at least 4 members (excludes halogenated alkanes) is 4. The smallest absolute Gasteiger partial charge is 0.311 e. The Balaban J connectivity index is 2.86. The highest BCUT2D eigenvalue weighted by Crippen LogP contribution is 2.22. The normalized spacial score (nSPS) is 12.5. The molecular formula is C27H42O8. The van der Waals surface area contributed by atoms with Crippen LogP contribution in [-0.2, 0) is 25.7 Å². The zero-order valence-electron chi connectivity index (χ0n) is 21.9. The number of esters is 2. The van der Waals surface area contributed by atoms with Crippen molar-refractivity contribution in [1.29, 1.82) is 0 Å². The van der Waals surface area contributed by atoms with E-state index in [0.717, 1.165) is 25.7 Å². The molecular weight excluding hydrogens is 452 g/mol. The Hall–Kier alpha value is -2.61. The monoisotopic (exact) mass is 494 g/mol. The van der Waals surface area contributed by atoms with Crippen LogP contribution in [0.3, 0.4) is 0 Å². The summed E-state index contributed by atoms with van der Waals surface area (Å²) in [5, 5.41) is 10.1. The molecule has 1 unspecified atom stereocenters. The van der Waals surface area contributed by atoms with Crippen molar-refractivity contribution < 1.29 is 33.3 Å². The summed E-state index contributed by atoms with van der Waals surface area (Å²) in [4.78, 5) is 36.4. The van der Waals surface area contributed by atoms with Gasteiger partial charge in [-0.05, 0) is 59.5 Å². The van der Waals surface area contributed by atoms with Crippen LogP contribution in [0.2, 0.25) is 0 Å². The quantitative estimate of drug-likeness (QED) is 0.247. The van der Waals surface area contributed by atoms with Crippen molar-refractivity contribution in [3.8, 4) is 5.75 Å². The molecule has 0 fully saturated rings. The topological polar surface area (TPSA) is 112 Å². The second kappa shape index (κ2) is 16.1. The standard InChI is InChI=1S/C27H42O8/c1-6-8-10-13-20(28)15-16-21-18-22(29)25(23(35-21)19-34-26(31)27(3,4)5)33-17-12-9-11-14-24(30)32-7-2/h15-16,18,20,28H,6-14,17,19H2,1-5H3. The van der Waals surface area contributed by atoms with E-state index in [4.69, 9.17) is 18.6 Å². The third kappa shape index (κ3) is 12.6. The maximum atomic E-state index is 12.8. The van der Waals surface area contributed by atoms with E-state index in [9.17, 15) is 19.5 Å². The lowest BCUT2D eigenvalue weighted by atomic mass is 9.97. The van der Waals surface area contributed by atoms with Gasteiger partial charge < -0.3 is 23.7 Å². The van der Waals surface area contributed by atoms with E-state index in [1.54, 1.807) is 39.8 Å². The minimum atomic E-state index is -0.708. The van der Waals surface area contributed by atoms with Gasteiger partial charge in [0.15, 0.2) is 12.4 Å². The van der Waals surface area contributed by atoms with E-state index in [2.05, 4.69) is 6.92 Å². The van der Waals surface area contributed by atoms with Gasteiger partial charge in [0.25, 0.3) is 0 Å². The second-order valence-electron chi connectivity index (χ2n) is 9.48. The number of carbonyl (C=O) groups is 2. The molecule has 8 heteroatoms. The van der Waals surface area contributed by atoms with E-state index in [1.165, 1.54) is 6.07 Å². The summed E-state index contributed by atoms with van der Waals surface area (Å²) in [5.41, 5.74) is -1.11. The van der Waals surface area contributed by atoms with Gasteiger partial charge in [0.1, 0.15) is 5.76 Å². The Morgan fingerprint density at radius 2 is 1.83 bits per heavy atom. The van der Waals surface area contributed by atoms with Crippen LogP contribution in [-0.4, -0.2) is 36.4 Å². The molecule has 35 heavy (non-hydrogen) atoms. The van der Waals surface area contributed by atoms with Crippen LogP contribution in [0.15, 0.2) is 21.4 Å². The van der Waals surface area contributed by atoms with Crippen molar-refractivity contribution in [3.63, 3.8) is 0 Å². The van der Waals surface area contributed by atoms with E-state index >= 15 is 0 Å². The molecule has 1 atom stereocenters. The summed E-state index contributed by atoms with van der Waals surface area (Å²) in [6.45, 7) is 9.43. The van der Waals surface area contributed by atoms with Crippen LogP contribution >= 0.6 is 0 Å². The molecule has 0 aromatic carbocycles. The molecule has 0 aliphatic carbocycles. The molecule has 1 N–H and O–H groups in total. The summed E-state index contributed by atoms with van der Waals surface area (Å²) in [5.74, 6) is -0.305. The first-order chi connectivity index (χ1) is 16.6. The van der Waals surface area contributed by atoms with Crippen molar-refractivity contribution in [3.05, 3.63) is 33.9 Å². The molecule has 0 aliphatic rings. The van der Waals surface area contributed by atoms with E-state index < -0.39 is 22.9 Å². The summed E-state index contributed by atoms with van der Waals surface area (Å²) >= 11 is 0. The largest absolute Gasteiger partial charge is 0.486 e. The van der Waals surface area contributed by atoms with Crippen LogP contribution in [0, 0.1) is 5.41 Å². The summed E-state index contributed by atoms with van der Waals surface area (Å²) < 4.78 is 21.8. The lowest BCUT2D eigenvalue weighted by molar-refractivity contribution is -0.155. The van der Waals surface area contributed by atoms with Crippen molar-refractivity contribution in [1.82, 2.24) is 0 Å². The molecule has 0 saturated heterocycles. The molecule has 198 valence electrons. The number of rotatable bonds is 16. The van der Waals surface area contributed by atoms with E-state index in [0.29, 0.717) is 32.3 Å². The minimum absolute atomic E-state index is 0.00209. The number of carbonyl (C=O) groups excluding carboxylic acids is 2. The van der Waals surface area contributed by atoms with Crippen LogP contribution in [0.25, 0.3) is 6.08 Å². The van der Waals surface area contributed by atoms with Crippen LogP contribution < -0.4 is 10.2 Å². The van der Waals surface area contributed by atoms with E-state index in [-0.39, 0.29) is 36.5 Å². The highest BCUT2D eigenvalue weighted by Gasteiger charge is 2.24. The molecule has 8 nitrogen and oxygen atoms in total. The Bertz CT molecular complexity index is 863. The Labute approximate surface area is 208 Å². The molecule has 1 aromatic rings. The van der Waals surface area contributed by atoms with Gasteiger partial charge in [0, 0.05) is 12.5 Å². The fraction of sp³-hybridized carbons (Fsp3) is 0.667. The lowest BCUT2D eigenvalue weighted by Gasteiger charge is -2.17. The van der Waals surface area contributed by atoms with Crippen molar-refractivity contribution in [2.45, 2.75) is 98.7 Å². The van der Waals surface area contributed by atoms with Gasteiger partial charge in [-0.2, -0.15) is 0 Å². The molecule has 0 saturated carbocycles.